The van der Waals surface area contributed by atoms with E-state index in [0.29, 0.717) is 17.1 Å². The number of para-hydroxylation sites is 2. The fraction of sp³-hybridized carbons (Fsp3) is 0. The van der Waals surface area contributed by atoms with E-state index < -0.39 is 0 Å². The number of nitrogens with one attached hydrogen (secondary N) is 1. The largest absolute Gasteiger partial charge is 0.355 e. The van der Waals surface area contributed by atoms with Crippen molar-refractivity contribution < 1.29 is 0 Å². The molecule has 0 fully saturated rings. The van der Waals surface area contributed by atoms with Crippen molar-refractivity contribution in [3.8, 4) is 22.3 Å². The molecular weight excluding hydrogens is 552 g/mol. The van der Waals surface area contributed by atoms with E-state index in [1.807, 2.05) is 55.0 Å². The number of hydrogen-bond donors (Lipinski definition) is 1. The van der Waals surface area contributed by atoms with Crippen LogP contribution in [-0.2, 0) is 0 Å². The first-order chi connectivity index (χ1) is 22.4. The predicted molar refractivity (Wildman–Crippen MR) is 200 cm³/mol. The molecule has 8 heteroatoms. The van der Waals surface area contributed by atoms with Crippen molar-refractivity contribution in [2.24, 2.45) is 4.99 Å². The van der Waals surface area contributed by atoms with E-state index >= 15 is 0 Å². The number of benzene rings is 6. The first kappa shape index (κ1) is 29.5. The Labute approximate surface area is 275 Å². The summed E-state index contributed by atoms with van der Waals surface area (Å²) in [5.41, 5.74) is 8.29. The number of aromatic nitrogens is 1. The Bertz CT molecular complexity index is 2220. The maximum absolute atomic E-state index is 6.31. The Kier molecular flexibility index (Phi) is 7.88. The molecule has 0 spiro atoms. The van der Waals surface area contributed by atoms with Crippen LogP contribution in [0.5, 0.6) is 0 Å². The van der Waals surface area contributed by atoms with Crippen LogP contribution in [0.15, 0.2) is 127 Å². The summed E-state index contributed by atoms with van der Waals surface area (Å²) in [4.78, 5) is 9.23. The number of rotatable bonds is 6. The summed E-state index contributed by atoms with van der Waals surface area (Å²) < 4.78 is 0. The average Bonchev–Trinajstić information content (AvgIpc) is 3.11. The Morgan fingerprint density at radius 3 is 1.65 bits per heavy atom. The second-order valence-corrected chi connectivity index (χ2v) is 11.0. The Hall–Kier alpha value is -5.22. The van der Waals surface area contributed by atoms with Gasteiger partial charge in [0.15, 0.2) is 0 Å². The Balaban J connectivity index is 1.40. The molecule has 7 rings (SSSR count). The van der Waals surface area contributed by atoms with Crippen molar-refractivity contribution in [2.75, 3.05) is 5.32 Å². The molecule has 0 bridgehead atoms. The van der Waals surface area contributed by atoms with Crippen LogP contribution in [0, 0.1) is 0 Å². The molecule has 1 N–H and O–H groups in total. The van der Waals surface area contributed by atoms with Gasteiger partial charge in [-0.3, -0.25) is 9.98 Å². The highest BCUT2D eigenvalue weighted by molar-refractivity contribution is 6.68. The molecule has 0 amide bonds. The zero-order valence-electron chi connectivity index (χ0n) is 24.9. The maximum Gasteiger partial charge on any atom is 0.115 e. The summed E-state index contributed by atoms with van der Waals surface area (Å²) in [7, 11) is 30.9. The lowest BCUT2D eigenvalue weighted by atomic mass is 9.61. The second kappa shape index (κ2) is 12.3. The van der Waals surface area contributed by atoms with Crippen LogP contribution in [0.3, 0.4) is 0 Å². The zero-order chi connectivity index (χ0) is 31.8. The molecule has 46 heavy (non-hydrogen) atoms. The quantitative estimate of drug-likeness (QED) is 0.184. The van der Waals surface area contributed by atoms with E-state index in [4.69, 9.17) is 44.2 Å². The summed E-state index contributed by atoms with van der Waals surface area (Å²) in [6, 6.07) is 37.2. The number of fused-ring (bicyclic) bond motifs is 2. The predicted octanol–water partition coefficient (Wildman–Crippen LogP) is 4.19. The van der Waals surface area contributed by atoms with Crippen molar-refractivity contribution in [1.29, 1.82) is 0 Å². The normalized spacial score (nSPS) is 11.4. The Morgan fingerprint density at radius 1 is 0.522 bits per heavy atom. The maximum atomic E-state index is 6.31. The highest BCUT2D eigenvalue weighted by Gasteiger charge is 2.17. The fourth-order valence-electron chi connectivity index (χ4n) is 6.02. The van der Waals surface area contributed by atoms with Gasteiger partial charge in [-0.2, -0.15) is 0 Å². The average molecular weight is 575 g/mol. The minimum Gasteiger partial charge on any atom is -0.355 e. The van der Waals surface area contributed by atoms with Crippen molar-refractivity contribution in [3.05, 3.63) is 127 Å². The number of pyridine rings is 1. The highest BCUT2D eigenvalue weighted by atomic mass is 14.9. The third kappa shape index (κ3) is 5.14. The molecule has 3 nitrogen and oxygen atoms in total. The third-order valence-corrected chi connectivity index (χ3v) is 8.36. The molecule has 0 saturated heterocycles. The van der Waals surface area contributed by atoms with Crippen molar-refractivity contribution in [1.82, 2.24) is 4.98 Å². The lowest BCUT2D eigenvalue weighted by Gasteiger charge is -2.22. The Morgan fingerprint density at radius 2 is 1.02 bits per heavy atom. The molecule has 0 aliphatic carbocycles. The van der Waals surface area contributed by atoms with Crippen LogP contribution in [0.4, 0.5) is 17.1 Å². The van der Waals surface area contributed by atoms with Gasteiger partial charge in [0.25, 0.3) is 0 Å². The molecule has 7 aromatic rings. The van der Waals surface area contributed by atoms with Crippen molar-refractivity contribution in [2.45, 2.75) is 0 Å². The van der Waals surface area contributed by atoms with Gasteiger partial charge in [-0.05, 0) is 68.1 Å². The zero-order valence-corrected chi connectivity index (χ0v) is 24.9. The molecule has 1 heterocycles. The summed E-state index contributed by atoms with van der Waals surface area (Å²) in [5, 5.41) is 7.73. The van der Waals surface area contributed by atoms with Gasteiger partial charge in [0.05, 0.1) is 11.4 Å². The summed E-state index contributed by atoms with van der Waals surface area (Å²) in [5.74, 6) is 0. The first-order valence-corrected chi connectivity index (χ1v) is 14.8. The highest BCUT2D eigenvalue weighted by Crippen LogP contribution is 2.42. The third-order valence-electron chi connectivity index (χ3n) is 8.36. The van der Waals surface area contributed by atoms with Gasteiger partial charge in [-0.1, -0.05) is 95.9 Å². The van der Waals surface area contributed by atoms with E-state index in [1.54, 1.807) is 0 Å². The monoisotopic (exact) mass is 575 g/mol. The van der Waals surface area contributed by atoms with Crippen molar-refractivity contribution in [3.63, 3.8) is 0 Å². The van der Waals surface area contributed by atoms with Gasteiger partial charge in [-0.15, -0.1) is 16.4 Å². The van der Waals surface area contributed by atoms with Gasteiger partial charge in [0.2, 0.25) is 0 Å². The number of aliphatic imine (C=N–C) groups is 1. The molecule has 6 aromatic carbocycles. The van der Waals surface area contributed by atoms with Crippen LogP contribution < -0.4 is 32.6 Å². The standard InChI is InChI=1S/C38H22B5N3/c39-33-34(40)36(42)38(37(43)35(33)41)46-31-16-8-7-15-30(31)45-21-29-24-10-2-5-13-27(24)32(28-14-6-3-11-25(28)29)26-12-4-1-9-23(26)22-17-19-44-20-18-22/h1-21,46H. The first-order valence-electron chi connectivity index (χ1n) is 14.8. The molecule has 204 valence electrons. The SMILES string of the molecule is [B]c1c([B])c([B])c(Nc2ccccc2N=Cc2c3ccccc3c(-c3ccccc3-c3ccncc3)c3ccccc23)c([B])c1[B]. The number of hydrogen-bond acceptors (Lipinski definition) is 3. The fourth-order valence-corrected chi connectivity index (χ4v) is 6.02. The molecule has 0 saturated carbocycles. The van der Waals surface area contributed by atoms with Crippen LogP contribution in [-0.4, -0.2) is 50.4 Å². The lowest BCUT2D eigenvalue weighted by molar-refractivity contribution is 1.33. The van der Waals surface area contributed by atoms with E-state index in [1.165, 1.54) is 5.56 Å². The summed E-state index contributed by atoms with van der Waals surface area (Å²) in [6.07, 6.45) is 5.57. The molecule has 0 aliphatic rings. The van der Waals surface area contributed by atoms with Crippen LogP contribution in [0.2, 0.25) is 0 Å². The van der Waals surface area contributed by atoms with Crippen molar-refractivity contribution >= 4 is 111 Å². The topological polar surface area (TPSA) is 37.3 Å². The van der Waals surface area contributed by atoms with Gasteiger partial charge in [0, 0.05) is 29.9 Å². The molecule has 0 unspecified atom stereocenters. The van der Waals surface area contributed by atoms with E-state index in [9.17, 15) is 0 Å². The summed E-state index contributed by atoms with van der Waals surface area (Å²) in [6.45, 7) is 0. The van der Waals surface area contributed by atoms with Gasteiger partial charge in [0.1, 0.15) is 39.2 Å². The van der Waals surface area contributed by atoms with E-state index in [0.717, 1.165) is 43.8 Å². The van der Waals surface area contributed by atoms with Gasteiger partial charge < -0.3 is 5.32 Å². The van der Waals surface area contributed by atoms with E-state index in [-0.39, 0.29) is 27.3 Å². The second-order valence-electron chi connectivity index (χ2n) is 11.0. The number of anilines is 2. The summed E-state index contributed by atoms with van der Waals surface area (Å²) >= 11 is 0. The molecule has 0 aliphatic heterocycles. The smallest absolute Gasteiger partial charge is 0.115 e. The van der Waals surface area contributed by atoms with Gasteiger partial charge in [-0.25, -0.2) is 0 Å². The van der Waals surface area contributed by atoms with Crippen LogP contribution in [0.1, 0.15) is 5.56 Å². The minimum atomic E-state index is 0.164. The molecule has 0 atom stereocenters. The van der Waals surface area contributed by atoms with E-state index in [2.05, 4.69) is 83.1 Å². The lowest BCUT2D eigenvalue weighted by Crippen LogP contribution is -2.55. The molecule has 1 aromatic heterocycles. The molecule has 10 radical (unpaired) electrons. The van der Waals surface area contributed by atoms with Crippen LogP contribution in [0.25, 0.3) is 43.8 Å². The molecular formula is C38H22B5N3. The van der Waals surface area contributed by atoms with Gasteiger partial charge >= 0.3 is 0 Å². The minimum absolute atomic E-state index is 0.164. The van der Waals surface area contributed by atoms with Crippen LogP contribution >= 0.6 is 0 Å². The number of nitrogens with zero attached hydrogens (tertiary/aromatic N) is 2.